The van der Waals surface area contributed by atoms with Crippen molar-refractivity contribution in [3.05, 3.63) is 35.5 Å². The molecule has 1 aliphatic rings. The number of piperidine rings is 1. The number of hydrogen-bond acceptors (Lipinski definition) is 2. The predicted molar refractivity (Wildman–Crippen MR) is 72.1 cm³/mol. The molecule has 0 unspecified atom stereocenters. The maximum atomic E-state index is 8.98. The molecule has 0 aliphatic carbocycles. The Morgan fingerprint density at radius 3 is 2.83 bits per heavy atom. The van der Waals surface area contributed by atoms with Gasteiger partial charge in [0.05, 0.1) is 11.6 Å². The molecule has 1 aliphatic heterocycles. The number of aromatic nitrogens is 1. The first kappa shape index (κ1) is 11.3. The van der Waals surface area contributed by atoms with Crippen LogP contribution in [0.2, 0.25) is 0 Å². The Kier molecular flexibility index (Phi) is 3.04. The summed E-state index contributed by atoms with van der Waals surface area (Å²) in [6.07, 6.45) is 6.07. The van der Waals surface area contributed by atoms with Crippen LogP contribution in [-0.4, -0.2) is 23.0 Å². The summed E-state index contributed by atoms with van der Waals surface area (Å²) in [5.74, 6) is 0. The van der Waals surface area contributed by atoms with Gasteiger partial charge in [0.15, 0.2) is 0 Å². The van der Waals surface area contributed by atoms with Crippen molar-refractivity contribution < 1.29 is 0 Å². The third-order valence-electron chi connectivity index (χ3n) is 3.74. The second-order valence-corrected chi connectivity index (χ2v) is 5.02. The van der Waals surface area contributed by atoms with Crippen LogP contribution in [0.25, 0.3) is 10.9 Å². The van der Waals surface area contributed by atoms with E-state index in [0.29, 0.717) is 0 Å². The Morgan fingerprint density at radius 2 is 2.06 bits per heavy atom. The minimum Gasteiger partial charge on any atom is -0.361 e. The van der Waals surface area contributed by atoms with E-state index in [1.165, 1.54) is 43.3 Å². The molecule has 3 rings (SSSR count). The summed E-state index contributed by atoms with van der Waals surface area (Å²) in [6, 6.07) is 8.06. The van der Waals surface area contributed by atoms with Gasteiger partial charge < -0.3 is 4.98 Å². The number of nitrogens with zero attached hydrogens (tertiary/aromatic N) is 2. The van der Waals surface area contributed by atoms with Gasteiger partial charge in [0.2, 0.25) is 0 Å². The Bertz CT molecular complexity index is 585. The molecule has 3 nitrogen and oxygen atoms in total. The van der Waals surface area contributed by atoms with Gasteiger partial charge >= 0.3 is 0 Å². The van der Waals surface area contributed by atoms with E-state index in [2.05, 4.69) is 22.1 Å². The van der Waals surface area contributed by atoms with E-state index in [1.807, 2.05) is 18.2 Å². The molecule has 2 aromatic rings. The van der Waals surface area contributed by atoms with Crippen LogP contribution in [0.1, 0.15) is 30.4 Å². The number of H-pyrrole nitrogens is 1. The maximum absolute atomic E-state index is 8.98. The number of rotatable bonds is 2. The van der Waals surface area contributed by atoms with Gasteiger partial charge in [-0.2, -0.15) is 5.26 Å². The van der Waals surface area contributed by atoms with Crippen LogP contribution < -0.4 is 0 Å². The zero-order chi connectivity index (χ0) is 12.4. The second-order valence-electron chi connectivity index (χ2n) is 5.02. The molecule has 0 amide bonds. The van der Waals surface area contributed by atoms with E-state index < -0.39 is 0 Å². The van der Waals surface area contributed by atoms with Gasteiger partial charge in [0.1, 0.15) is 0 Å². The number of nitrogens with one attached hydrogen (secondary N) is 1. The van der Waals surface area contributed by atoms with Crippen molar-refractivity contribution in [1.29, 1.82) is 5.26 Å². The lowest BCUT2D eigenvalue weighted by molar-refractivity contribution is 0.221. The average molecular weight is 239 g/mol. The highest BCUT2D eigenvalue weighted by molar-refractivity contribution is 5.84. The third kappa shape index (κ3) is 2.12. The fraction of sp³-hybridized carbons (Fsp3) is 0.400. The molecular formula is C15H17N3. The van der Waals surface area contributed by atoms with Crippen LogP contribution in [0, 0.1) is 11.3 Å². The summed E-state index contributed by atoms with van der Waals surface area (Å²) < 4.78 is 0. The van der Waals surface area contributed by atoms with Crippen molar-refractivity contribution in [2.45, 2.75) is 25.8 Å². The lowest BCUT2D eigenvalue weighted by atomic mass is 10.1. The Morgan fingerprint density at radius 1 is 1.22 bits per heavy atom. The number of aromatic amines is 1. The van der Waals surface area contributed by atoms with Crippen molar-refractivity contribution in [1.82, 2.24) is 9.88 Å². The first-order chi connectivity index (χ1) is 8.86. The Hall–Kier alpha value is -1.79. The minimum atomic E-state index is 0.738. The van der Waals surface area contributed by atoms with Crippen LogP contribution in [0.3, 0.4) is 0 Å². The van der Waals surface area contributed by atoms with Gasteiger partial charge in [-0.1, -0.05) is 6.42 Å². The van der Waals surface area contributed by atoms with Gasteiger partial charge in [-0.3, -0.25) is 4.90 Å². The SMILES string of the molecule is N#Cc1ccc2[nH]cc(CN3CCCCC3)c2c1. The number of hydrogen-bond donors (Lipinski definition) is 1. The number of nitriles is 1. The van der Waals surface area contributed by atoms with Gasteiger partial charge in [-0.05, 0) is 49.7 Å². The van der Waals surface area contributed by atoms with E-state index >= 15 is 0 Å². The van der Waals surface area contributed by atoms with E-state index in [9.17, 15) is 0 Å². The van der Waals surface area contributed by atoms with Crippen LogP contribution >= 0.6 is 0 Å². The van der Waals surface area contributed by atoms with Crippen LogP contribution in [0.15, 0.2) is 24.4 Å². The second kappa shape index (κ2) is 4.83. The average Bonchev–Trinajstić information content (AvgIpc) is 2.82. The molecule has 0 atom stereocenters. The molecule has 0 saturated carbocycles. The summed E-state index contributed by atoms with van der Waals surface area (Å²) in [5, 5.41) is 10.2. The van der Waals surface area contributed by atoms with Gasteiger partial charge in [-0.25, -0.2) is 0 Å². The Labute approximate surface area is 107 Å². The maximum Gasteiger partial charge on any atom is 0.0991 e. The lowest BCUT2D eigenvalue weighted by Crippen LogP contribution is -2.28. The van der Waals surface area contributed by atoms with Crippen molar-refractivity contribution >= 4 is 10.9 Å². The molecule has 3 heteroatoms. The van der Waals surface area contributed by atoms with Crippen LogP contribution in [0.5, 0.6) is 0 Å². The smallest absolute Gasteiger partial charge is 0.0991 e. The molecule has 0 bridgehead atoms. The predicted octanol–water partition coefficient (Wildman–Crippen LogP) is 3.03. The quantitative estimate of drug-likeness (QED) is 0.875. The van der Waals surface area contributed by atoms with E-state index in [1.54, 1.807) is 0 Å². The van der Waals surface area contributed by atoms with Crippen molar-refractivity contribution in [3.8, 4) is 6.07 Å². The molecule has 2 heterocycles. The number of benzene rings is 1. The standard InChI is InChI=1S/C15H17N3/c16-9-12-4-5-15-14(8-12)13(10-17-15)11-18-6-2-1-3-7-18/h4-5,8,10,17H,1-3,6-7,11H2. The molecule has 18 heavy (non-hydrogen) atoms. The molecule has 1 aromatic heterocycles. The van der Waals surface area contributed by atoms with Crippen molar-refractivity contribution in [2.24, 2.45) is 0 Å². The van der Waals surface area contributed by atoms with E-state index in [-0.39, 0.29) is 0 Å². The Balaban J connectivity index is 1.89. The topological polar surface area (TPSA) is 42.8 Å². The highest BCUT2D eigenvalue weighted by atomic mass is 15.1. The molecule has 0 radical (unpaired) electrons. The molecule has 1 aromatic carbocycles. The van der Waals surface area contributed by atoms with Crippen LogP contribution in [-0.2, 0) is 6.54 Å². The molecular weight excluding hydrogens is 222 g/mol. The highest BCUT2D eigenvalue weighted by Gasteiger charge is 2.13. The third-order valence-corrected chi connectivity index (χ3v) is 3.74. The van der Waals surface area contributed by atoms with E-state index in [4.69, 9.17) is 5.26 Å². The van der Waals surface area contributed by atoms with Crippen LogP contribution in [0.4, 0.5) is 0 Å². The van der Waals surface area contributed by atoms with Gasteiger partial charge in [-0.15, -0.1) is 0 Å². The molecule has 1 saturated heterocycles. The van der Waals surface area contributed by atoms with Gasteiger partial charge in [0, 0.05) is 23.6 Å². The van der Waals surface area contributed by atoms with Gasteiger partial charge in [0.25, 0.3) is 0 Å². The minimum absolute atomic E-state index is 0.738. The number of fused-ring (bicyclic) bond motifs is 1. The molecule has 1 fully saturated rings. The monoisotopic (exact) mass is 239 g/mol. The molecule has 1 N–H and O–H groups in total. The van der Waals surface area contributed by atoms with Crippen molar-refractivity contribution in [2.75, 3.05) is 13.1 Å². The summed E-state index contributed by atoms with van der Waals surface area (Å²) >= 11 is 0. The molecule has 92 valence electrons. The summed E-state index contributed by atoms with van der Waals surface area (Å²) in [4.78, 5) is 5.80. The lowest BCUT2D eigenvalue weighted by Gasteiger charge is -2.26. The zero-order valence-corrected chi connectivity index (χ0v) is 10.4. The summed E-state index contributed by atoms with van der Waals surface area (Å²) in [6.45, 7) is 3.39. The molecule has 0 spiro atoms. The largest absolute Gasteiger partial charge is 0.361 e. The van der Waals surface area contributed by atoms with Crippen molar-refractivity contribution in [3.63, 3.8) is 0 Å². The summed E-state index contributed by atoms with van der Waals surface area (Å²) in [7, 11) is 0. The first-order valence-electron chi connectivity index (χ1n) is 6.59. The fourth-order valence-electron chi connectivity index (χ4n) is 2.74. The fourth-order valence-corrected chi connectivity index (χ4v) is 2.74. The highest BCUT2D eigenvalue weighted by Crippen LogP contribution is 2.22. The first-order valence-corrected chi connectivity index (χ1v) is 6.59. The normalized spacial score (nSPS) is 16.8. The van der Waals surface area contributed by atoms with E-state index in [0.717, 1.165) is 17.6 Å². The summed E-state index contributed by atoms with van der Waals surface area (Å²) in [5.41, 5.74) is 3.17. The number of likely N-dealkylation sites (tertiary alicyclic amines) is 1. The zero-order valence-electron chi connectivity index (χ0n) is 10.4.